The van der Waals surface area contributed by atoms with Gasteiger partial charge in [0.1, 0.15) is 0 Å². The van der Waals surface area contributed by atoms with Gasteiger partial charge in [0.25, 0.3) is 11.8 Å². The Morgan fingerprint density at radius 3 is 2.56 bits per heavy atom. The highest BCUT2D eigenvalue weighted by molar-refractivity contribution is 5.91. The third-order valence-corrected chi connectivity index (χ3v) is 4.43. The van der Waals surface area contributed by atoms with Crippen LogP contribution in [0.15, 0.2) is 24.3 Å². The number of carbonyl (C=O) groups excluding carboxylic acids is 3. The van der Waals surface area contributed by atoms with E-state index in [1.54, 1.807) is 4.90 Å². The summed E-state index contributed by atoms with van der Waals surface area (Å²) in [6.07, 6.45) is 1.52. The number of likely N-dealkylation sites (N-methyl/N-ethyl adjacent to an activating group) is 1. The number of nitrogens with one attached hydrogen (secondary N) is 2. The molecule has 0 aliphatic carbocycles. The van der Waals surface area contributed by atoms with Gasteiger partial charge in [0, 0.05) is 18.8 Å². The lowest BCUT2D eigenvalue weighted by atomic mass is 9.97. The molecular formula is C18H27N4O3+. The molecule has 0 spiro atoms. The predicted molar refractivity (Wildman–Crippen MR) is 94.9 cm³/mol. The van der Waals surface area contributed by atoms with Gasteiger partial charge < -0.3 is 20.9 Å². The third kappa shape index (κ3) is 5.86. The fraction of sp³-hybridized carbons (Fsp3) is 0.500. The van der Waals surface area contributed by atoms with Crippen molar-refractivity contribution in [2.24, 2.45) is 11.7 Å². The van der Waals surface area contributed by atoms with Crippen molar-refractivity contribution in [2.45, 2.75) is 19.8 Å². The summed E-state index contributed by atoms with van der Waals surface area (Å²) in [6.45, 7) is 3.43. The minimum absolute atomic E-state index is 0.0495. The topological polar surface area (TPSA) is 96.9 Å². The van der Waals surface area contributed by atoms with E-state index in [1.807, 2.05) is 38.2 Å². The highest BCUT2D eigenvalue weighted by atomic mass is 16.2. The Morgan fingerprint density at radius 1 is 1.24 bits per heavy atom. The van der Waals surface area contributed by atoms with Crippen LogP contribution in [0.25, 0.3) is 0 Å². The molecule has 7 heteroatoms. The number of rotatable bonds is 6. The van der Waals surface area contributed by atoms with Crippen molar-refractivity contribution >= 4 is 23.4 Å². The summed E-state index contributed by atoms with van der Waals surface area (Å²) in [5.74, 6) is -0.798. The molecule has 1 aliphatic rings. The van der Waals surface area contributed by atoms with E-state index in [4.69, 9.17) is 5.73 Å². The maximum absolute atomic E-state index is 12.4. The molecule has 0 radical (unpaired) electrons. The predicted octanol–water partition coefficient (Wildman–Crippen LogP) is -0.828. The maximum Gasteiger partial charge on any atom is 0.279 e. The van der Waals surface area contributed by atoms with Crippen molar-refractivity contribution in [3.63, 3.8) is 0 Å². The van der Waals surface area contributed by atoms with E-state index >= 15 is 0 Å². The Kier molecular flexibility index (Phi) is 6.52. The monoisotopic (exact) mass is 347 g/mol. The van der Waals surface area contributed by atoms with Crippen LogP contribution < -0.4 is 16.0 Å². The first-order valence-corrected chi connectivity index (χ1v) is 8.60. The first-order valence-electron chi connectivity index (χ1n) is 8.60. The standard InChI is InChI=1S/C18H26N4O3/c1-13-5-7-15(8-6-13)20-16(23)11-21(2)12-17(24)22-9-3-4-14(10-22)18(19)25/h5-8,14H,3-4,9-12H2,1-2H3,(H2,19,25)(H,20,23)/p+1/t14-/m1/s1. The van der Waals surface area contributed by atoms with Crippen LogP contribution in [-0.2, 0) is 14.4 Å². The summed E-state index contributed by atoms with van der Waals surface area (Å²) in [5, 5.41) is 2.83. The van der Waals surface area contributed by atoms with E-state index in [9.17, 15) is 14.4 Å². The van der Waals surface area contributed by atoms with E-state index in [0.717, 1.165) is 29.0 Å². The lowest BCUT2D eigenvalue weighted by Crippen LogP contribution is -3.11. The molecule has 1 unspecified atom stereocenters. The zero-order valence-electron chi connectivity index (χ0n) is 14.9. The van der Waals surface area contributed by atoms with Crippen molar-refractivity contribution < 1.29 is 19.3 Å². The quantitative estimate of drug-likeness (QED) is 0.627. The van der Waals surface area contributed by atoms with Gasteiger partial charge in [0.05, 0.1) is 13.0 Å². The molecule has 3 amide bonds. The molecule has 1 aromatic rings. The fourth-order valence-corrected chi connectivity index (χ4v) is 2.98. The van der Waals surface area contributed by atoms with Gasteiger partial charge in [-0.3, -0.25) is 14.4 Å². The molecule has 1 aliphatic heterocycles. The molecule has 1 aromatic carbocycles. The Morgan fingerprint density at radius 2 is 1.92 bits per heavy atom. The normalized spacial score (nSPS) is 18.5. The SMILES string of the molecule is Cc1ccc(NC(=O)C[NH+](C)CC(=O)N2CCC[C@@H](C(N)=O)C2)cc1. The summed E-state index contributed by atoms with van der Waals surface area (Å²) in [4.78, 5) is 38.3. The van der Waals surface area contributed by atoms with Gasteiger partial charge in [0.2, 0.25) is 5.91 Å². The molecule has 136 valence electrons. The Hall–Kier alpha value is -2.41. The zero-order chi connectivity index (χ0) is 18.4. The number of likely N-dealkylation sites (tertiary alicyclic amines) is 1. The van der Waals surface area contributed by atoms with Gasteiger partial charge in [-0.15, -0.1) is 0 Å². The van der Waals surface area contributed by atoms with Crippen molar-refractivity contribution in [3.8, 4) is 0 Å². The van der Waals surface area contributed by atoms with Crippen LogP contribution in [0.3, 0.4) is 0 Å². The maximum atomic E-state index is 12.4. The molecule has 25 heavy (non-hydrogen) atoms. The van der Waals surface area contributed by atoms with Gasteiger partial charge in [0.15, 0.2) is 13.1 Å². The molecule has 1 heterocycles. The average molecular weight is 347 g/mol. The number of carbonyl (C=O) groups is 3. The van der Waals surface area contributed by atoms with E-state index in [0.29, 0.717) is 13.1 Å². The van der Waals surface area contributed by atoms with Gasteiger partial charge in [-0.05, 0) is 31.9 Å². The third-order valence-electron chi connectivity index (χ3n) is 4.43. The number of quaternary nitrogens is 1. The number of nitrogens with two attached hydrogens (primary N) is 1. The van der Waals surface area contributed by atoms with Gasteiger partial charge in [-0.25, -0.2) is 0 Å². The highest BCUT2D eigenvalue weighted by Crippen LogP contribution is 2.15. The number of piperidine rings is 1. The summed E-state index contributed by atoms with van der Waals surface area (Å²) < 4.78 is 0. The number of hydrogen-bond acceptors (Lipinski definition) is 3. The van der Waals surface area contributed by atoms with Crippen molar-refractivity contribution in [1.29, 1.82) is 0 Å². The number of amides is 3. The van der Waals surface area contributed by atoms with Crippen molar-refractivity contribution in [2.75, 3.05) is 38.5 Å². The molecule has 2 atom stereocenters. The van der Waals surface area contributed by atoms with E-state index < -0.39 is 0 Å². The van der Waals surface area contributed by atoms with Crippen LogP contribution in [0.2, 0.25) is 0 Å². The number of anilines is 1. The van der Waals surface area contributed by atoms with E-state index in [1.165, 1.54) is 0 Å². The number of aryl methyl sites for hydroxylation is 1. The van der Waals surface area contributed by atoms with Crippen molar-refractivity contribution in [1.82, 2.24) is 4.90 Å². The van der Waals surface area contributed by atoms with Gasteiger partial charge in [-0.1, -0.05) is 17.7 Å². The van der Waals surface area contributed by atoms with E-state index in [-0.39, 0.29) is 36.7 Å². The zero-order valence-corrected chi connectivity index (χ0v) is 14.9. The second-order valence-electron chi connectivity index (χ2n) is 6.81. The molecule has 7 nitrogen and oxygen atoms in total. The van der Waals surface area contributed by atoms with Crippen LogP contribution in [0.5, 0.6) is 0 Å². The number of hydrogen-bond donors (Lipinski definition) is 3. The second kappa shape index (κ2) is 8.62. The number of primary amides is 1. The van der Waals surface area contributed by atoms with Gasteiger partial charge >= 0.3 is 0 Å². The van der Waals surface area contributed by atoms with Crippen LogP contribution >= 0.6 is 0 Å². The highest BCUT2D eigenvalue weighted by Gasteiger charge is 2.28. The van der Waals surface area contributed by atoms with Crippen LogP contribution in [0, 0.1) is 12.8 Å². The Labute approximate surface area is 148 Å². The molecule has 1 saturated heterocycles. The Balaban J connectivity index is 1.79. The molecule has 1 fully saturated rings. The smallest absolute Gasteiger partial charge is 0.279 e. The average Bonchev–Trinajstić information content (AvgIpc) is 2.56. The summed E-state index contributed by atoms with van der Waals surface area (Å²) in [7, 11) is 1.81. The minimum atomic E-state index is -0.351. The number of benzene rings is 1. The van der Waals surface area contributed by atoms with E-state index in [2.05, 4.69) is 5.32 Å². The summed E-state index contributed by atoms with van der Waals surface area (Å²) in [6, 6.07) is 7.57. The molecule has 4 N–H and O–H groups in total. The van der Waals surface area contributed by atoms with Crippen LogP contribution in [0.4, 0.5) is 5.69 Å². The molecular weight excluding hydrogens is 320 g/mol. The molecule has 0 bridgehead atoms. The van der Waals surface area contributed by atoms with Crippen LogP contribution in [0.1, 0.15) is 18.4 Å². The lowest BCUT2D eigenvalue weighted by Gasteiger charge is -2.31. The first kappa shape index (κ1) is 18.9. The molecule has 0 aromatic heterocycles. The fourth-order valence-electron chi connectivity index (χ4n) is 2.98. The Bertz CT molecular complexity index is 630. The first-order chi connectivity index (χ1) is 11.8. The number of nitrogens with zero attached hydrogens (tertiary/aromatic N) is 1. The summed E-state index contributed by atoms with van der Waals surface area (Å²) >= 11 is 0. The lowest BCUT2D eigenvalue weighted by molar-refractivity contribution is -0.862. The van der Waals surface area contributed by atoms with Crippen molar-refractivity contribution in [3.05, 3.63) is 29.8 Å². The van der Waals surface area contributed by atoms with Crippen LogP contribution in [-0.4, -0.2) is 55.8 Å². The summed E-state index contributed by atoms with van der Waals surface area (Å²) in [5.41, 5.74) is 7.22. The minimum Gasteiger partial charge on any atom is -0.369 e. The second-order valence-corrected chi connectivity index (χ2v) is 6.81. The molecule has 0 saturated carbocycles. The van der Waals surface area contributed by atoms with Gasteiger partial charge in [-0.2, -0.15) is 0 Å². The molecule has 2 rings (SSSR count). The largest absolute Gasteiger partial charge is 0.369 e.